The zero-order chi connectivity index (χ0) is 23.3. The summed E-state index contributed by atoms with van der Waals surface area (Å²) < 4.78 is 36.8. The molecule has 0 unspecified atom stereocenters. The number of amides is 1. The first-order valence-corrected chi connectivity index (χ1v) is 9.16. The average molecular weight is 432 g/mol. The normalized spacial score (nSPS) is 13.0. The number of ether oxygens (including phenoxy) is 1. The van der Waals surface area contributed by atoms with E-state index in [2.05, 4.69) is 5.32 Å². The van der Waals surface area contributed by atoms with Crippen molar-refractivity contribution in [3.63, 3.8) is 0 Å². The van der Waals surface area contributed by atoms with E-state index in [1.807, 2.05) is 13.8 Å². The number of halogens is 3. The molecule has 0 fully saturated rings. The second-order valence-corrected chi connectivity index (χ2v) is 6.23. The van der Waals surface area contributed by atoms with E-state index in [9.17, 15) is 22.8 Å². The molecule has 1 aromatic carbocycles. The van der Waals surface area contributed by atoms with Crippen LogP contribution in [0.2, 0.25) is 0 Å². The van der Waals surface area contributed by atoms with Gasteiger partial charge in [-0.3, -0.25) is 9.59 Å². The van der Waals surface area contributed by atoms with Gasteiger partial charge in [-0.1, -0.05) is 19.9 Å². The van der Waals surface area contributed by atoms with E-state index in [4.69, 9.17) is 20.4 Å². The number of nitrogens with one attached hydrogen (secondary N) is 1. The molecule has 0 radical (unpaired) electrons. The van der Waals surface area contributed by atoms with E-state index in [0.717, 1.165) is 12.2 Å². The minimum absolute atomic E-state index is 0.0294. The molecule has 0 heterocycles. The minimum atomic E-state index is -5.08. The Labute approximate surface area is 173 Å². The smallest absolute Gasteiger partial charge is 0.490 e. The molecule has 0 spiro atoms. The minimum Gasteiger partial charge on any atom is -0.497 e. The van der Waals surface area contributed by atoms with Crippen molar-refractivity contribution in [2.24, 2.45) is 11.7 Å². The number of nitrogens with two attached hydrogens (primary N) is 1. The number of benzene rings is 1. The molecule has 0 aromatic heterocycles. The van der Waals surface area contributed by atoms with Crippen molar-refractivity contribution in [1.29, 1.82) is 0 Å². The maximum absolute atomic E-state index is 11.9. The number of hydrogen-bond acceptors (Lipinski definition) is 5. The summed E-state index contributed by atoms with van der Waals surface area (Å²) in [7, 11) is 1.59. The lowest BCUT2D eigenvalue weighted by Gasteiger charge is -2.12. The maximum Gasteiger partial charge on any atom is 0.490 e. The zero-order valence-corrected chi connectivity index (χ0v) is 17.0. The van der Waals surface area contributed by atoms with Crippen LogP contribution in [0, 0.1) is 5.92 Å². The van der Waals surface area contributed by atoms with Crippen molar-refractivity contribution in [3.05, 3.63) is 36.4 Å². The van der Waals surface area contributed by atoms with Gasteiger partial charge in [-0.05, 0) is 49.1 Å². The predicted molar refractivity (Wildman–Crippen MR) is 106 cm³/mol. The Balaban J connectivity index is 0.00000103. The van der Waals surface area contributed by atoms with Gasteiger partial charge in [0.1, 0.15) is 11.5 Å². The van der Waals surface area contributed by atoms with Gasteiger partial charge in [-0.15, -0.1) is 0 Å². The zero-order valence-electron chi connectivity index (χ0n) is 17.0. The molecule has 0 saturated carbocycles. The molecule has 7 nitrogen and oxygen atoms in total. The molecule has 0 bridgehead atoms. The van der Waals surface area contributed by atoms with Crippen molar-refractivity contribution < 1.29 is 37.4 Å². The van der Waals surface area contributed by atoms with Crippen LogP contribution in [0.3, 0.4) is 0 Å². The Morgan fingerprint density at radius 3 is 2.10 bits per heavy atom. The first kappa shape index (κ1) is 27.1. The molecule has 0 saturated heterocycles. The second-order valence-electron chi connectivity index (χ2n) is 6.23. The molecule has 10 heteroatoms. The van der Waals surface area contributed by atoms with Gasteiger partial charge < -0.3 is 20.9 Å². The quantitative estimate of drug-likeness (QED) is 0.514. The van der Waals surface area contributed by atoms with Crippen molar-refractivity contribution in [2.45, 2.75) is 45.3 Å². The lowest BCUT2D eigenvalue weighted by atomic mass is 9.95. The fraction of sp³-hybridized carbons (Fsp3) is 0.450. The summed E-state index contributed by atoms with van der Waals surface area (Å²) in [6.45, 7) is 3.88. The highest BCUT2D eigenvalue weighted by Crippen LogP contribution is 2.16. The number of ketones is 1. The van der Waals surface area contributed by atoms with Crippen molar-refractivity contribution in [3.8, 4) is 5.75 Å². The highest BCUT2D eigenvalue weighted by Gasteiger charge is 2.38. The number of carbonyl (C=O) groups excluding carboxylic acids is 2. The summed E-state index contributed by atoms with van der Waals surface area (Å²) in [5, 5.41) is 9.89. The fourth-order valence-electron chi connectivity index (χ4n) is 2.07. The average Bonchev–Trinajstić information content (AvgIpc) is 2.70. The number of carboxylic acid groups (broad SMARTS) is 1. The highest BCUT2D eigenvalue weighted by molar-refractivity contribution is 5.99. The fourth-order valence-corrected chi connectivity index (χ4v) is 2.07. The van der Waals surface area contributed by atoms with Gasteiger partial charge in [0, 0.05) is 12.1 Å². The van der Waals surface area contributed by atoms with Crippen LogP contribution in [0.1, 0.15) is 33.1 Å². The van der Waals surface area contributed by atoms with Crippen LogP contribution >= 0.6 is 0 Å². The summed E-state index contributed by atoms with van der Waals surface area (Å²) in [6.07, 6.45) is -0.0362. The Morgan fingerprint density at radius 1 is 1.17 bits per heavy atom. The van der Waals surface area contributed by atoms with Crippen LogP contribution in [-0.4, -0.2) is 42.1 Å². The number of rotatable bonds is 9. The Bertz CT molecular complexity index is 718. The molecule has 1 amide bonds. The number of anilines is 1. The number of methoxy groups -OCH3 is 1. The van der Waals surface area contributed by atoms with Gasteiger partial charge in [0.15, 0.2) is 0 Å². The largest absolute Gasteiger partial charge is 0.497 e. The summed E-state index contributed by atoms with van der Waals surface area (Å²) in [4.78, 5) is 32.7. The number of aliphatic carboxylic acids is 1. The van der Waals surface area contributed by atoms with Gasteiger partial charge in [-0.2, -0.15) is 13.2 Å². The molecular weight excluding hydrogens is 405 g/mol. The topological polar surface area (TPSA) is 119 Å². The lowest BCUT2D eigenvalue weighted by Crippen LogP contribution is -2.30. The van der Waals surface area contributed by atoms with E-state index in [-0.39, 0.29) is 17.6 Å². The van der Waals surface area contributed by atoms with Crippen molar-refractivity contribution in [1.82, 2.24) is 0 Å². The van der Waals surface area contributed by atoms with Crippen LogP contribution in [0.25, 0.3) is 0 Å². The molecule has 0 aliphatic carbocycles. The first-order chi connectivity index (χ1) is 13.9. The lowest BCUT2D eigenvalue weighted by molar-refractivity contribution is -0.192. The molecule has 1 aromatic rings. The van der Waals surface area contributed by atoms with Gasteiger partial charge in [0.05, 0.1) is 13.2 Å². The van der Waals surface area contributed by atoms with Crippen molar-refractivity contribution in [2.75, 3.05) is 12.4 Å². The standard InChI is InChI=1S/C18H26N2O3.C2HF3O2/c1-4-13(12-17(21)16(19)5-2)6-11-18(22)20-14-7-9-15(23-3)10-8-14;3-2(4,5)1(6)7/h6-11,13,16H,4-5,12,19H2,1-3H3,(H,20,22);(H,6,7)/b11-6+;/t13-,16-;/m0./s1. The van der Waals surface area contributed by atoms with Gasteiger partial charge in [0.25, 0.3) is 0 Å². The van der Waals surface area contributed by atoms with Crippen LogP contribution in [0.4, 0.5) is 18.9 Å². The maximum atomic E-state index is 11.9. The SMILES string of the molecule is CC[C@@H](/C=C/C(=O)Nc1ccc(OC)cc1)CC(=O)[C@@H](N)CC.O=C(O)C(F)(F)F. The third-order valence-corrected chi connectivity index (χ3v) is 3.96. The molecule has 4 N–H and O–H groups in total. The third-order valence-electron chi connectivity index (χ3n) is 3.96. The van der Waals surface area contributed by atoms with E-state index in [0.29, 0.717) is 18.5 Å². The number of alkyl halides is 3. The number of hydrogen-bond donors (Lipinski definition) is 3. The van der Waals surface area contributed by atoms with Gasteiger partial charge in [-0.25, -0.2) is 4.79 Å². The van der Waals surface area contributed by atoms with E-state index < -0.39 is 18.2 Å². The monoisotopic (exact) mass is 432 g/mol. The Hall–Kier alpha value is -2.88. The van der Waals surface area contributed by atoms with Gasteiger partial charge in [0.2, 0.25) is 5.91 Å². The Morgan fingerprint density at radius 2 is 1.70 bits per heavy atom. The summed E-state index contributed by atoms with van der Waals surface area (Å²) in [5.41, 5.74) is 6.43. The molecule has 0 aliphatic rings. The first-order valence-electron chi connectivity index (χ1n) is 9.16. The number of allylic oxidation sites excluding steroid dienone is 1. The van der Waals surface area contributed by atoms with E-state index in [1.54, 1.807) is 37.5 Å². The molecular formula is C20H27F3N2O5. The summed E-state index contributed by atoms with van der Waals surface area (Å²) in [6, 6.07) is 6.68. The molecule has 0 aliphatic heterocycles. The second kappa shape index (κ2) is 13.4. The van der Waals surface area contributed by atoms with E-state index in [1.165, 1.54) is 6.08 Å². The van der Waals surface area contributed by atoms with Crippen LogP contribution in [0.15, 0.2) is 36.4 Å². The van der Waals surface area contributed by atoms with Crippen LogP contribution in [0.5, 0.6) is 5.75 Å². The third kappa shape index (κ3) is 11.2. The van der Waals surface area contributed by atoms with Gasteiger partial charge >= 0.3 is 12.1 Å². The highest BCUT2D eigenvalue weighted by atomic mass is 19.4. The van der Waals surface area contributed by atoms with Crippen LogP contribution < -0.4 is 15.8 Å². The molecule has 168 valence electrons. The molecule has 30 heavy (non-hydrogen) atoms. The summed E-state index contributed by atoms with van der Waals surface area (Å²) in [5.74, 6) is -2.18. The van der Waals surface area contributed by atoms with E-state index >= 15 is 0 Å². The number of Topliss-reactive ketones (excluding diaryl/α,β-unsaturated/α-hetero) is 1. The number of carboxylic acids is 1. The molecule has 1 rings (SSSR count). The molecule has 2 atom stereocenters. The summed E-state index contributed by atoms with van der Waals surface area (Å²) >= 11 is 0. The van der Waals surface area contributed by atoms with Crippen LogP contribution in [-0.2, 0) is 14.4 Å². The Kier molecular flexibility index (Phi) is 12.1. The van der Waals surface area contributed by atoms with Crippen molar-refractivity contribution >= 4 is 23.3 Å². The number of carbonyl (C=O) groups is 3. The predicted octanol–water partition coefficient (Wildman–Crippen LogP) is 3.55.